The molecule has 0 fully saturated rings. The van der Waals surface area contributed by atoms with E-state index >= 15 is 0 Å². The summed E-state index contributed by atoms with van der Waals surface area (Å²) in [6.07, 6.45) is 0.515. The average molecular weight is 313 g/mol. The largest absolute Gasteiger partial charge is 0.198 e. The monoisotopic (exact) mass is 312 g/mol. The van der Waals surface area contributed by atoms with Crippen LogP contribution in [0.4, 0.5) is 0 Å². The summed E-state index contributed by atoms with van der Waals surface area (Å²) in [6.45, 7) is 0. The second kappa shape index (κ2) is 8.91. The Labute approximate surface area is 122 Å². The van der Waals surface area contributed by atoms with Crippen LogP contribution in [0.25, 0.3) is 0 Å². The van der Waals surface area contributed by atoms with Crippen LogP contribution in [0.2, 0.25) is 0 Å². The third-order valence-electron chi connectivity index (χ3n) is 2.33. The summed E-state index contributed by atoms with van der Waals surface area (Å²) in [5, 5.41) is 16.8. The molecule has 1 atom stereocenters. The van der Waals surface area contributed by atoms with Crippen molar-refractivity contribution < 1.29 is 0 Å². The molecule has 19 heavy (non-hydrogen) atoms. The minimum atomic E-state index is -0.173. The summed E-state index contributed by atoms with van der Waals surface area (Å²) in [5.41, 5.74) is 2.09. The van der Waals surface area contributed by atoms with Crippen molar-refractivity contribution in [2.45, 2.75) is 11.2 Å². The first-order valence-corrected chi connectivity index (χ1v) is 6.69. The quantitative estimate of drug-likeness (QED) is 0.772. The van der Waals surface area contributed by atoms with Crippen molar-refractivity contribution in [1.82, 2.24) is 0 Å². The maximum Gasteiger partial charge on any atom is 0.126 e. The van der Waals surface area contributed by atoms with E-state index in [1.807, 2.05) is 60.7 Å². The Morgan fingerprint density at radius 2 is 1.42 bits per heavy atom. The highest BCUT2D eigenvalue weighted by atomic mass is 79.9. The zero-order chi connectivity index (χ0) is 13.9. The Bertz CT molecular complexity index is 553. The normalized spacial score (nSPS) is 10.3. The van der Waals surface area contributed by atoms with E-state index in [2.05, 4.69) is 28.1 Å². The highest BCUT2D eigenvalue weighted by molar-refractivity contribution is 9.09. The summed E-state index contributed by atoms with van der Waals surface area (Å²) in [7, 11) is 0. The van der Waals surface area contributed by atoms with E-state index in [4.69, 9.17) is 10.5 Å². The van der Waals surface area contributed by atoms with E-state index in [-0.39, 0.29) is 4.83 Å². The Kier molecular flexibility index (Phi) is 7.02. The van der Waals surface area contributed by atoms with E-state index in [0.717, 1.165) is 11.1 Å². The molecule has 0 amide bonds. The van der Waals surface area contributed by atoms with Crippen LogP contribution in [0, 0.1) is 22.7 Å². The number of alkyl halides is 1. The highest BCUT2D eigenvalue weighted by Crippen LogP contribution is 2.20. The van der Waals surface area contributed by atoms with Crippen LogP contribution in [0.3, 0.4) is 0 Å². The standard InChI is InChI=1S/C8H6BrN.C8H7N/c9-8(6-10)7-4-2-1-3-5-7;9-7-6-8-4-2-1-3-5-8/h1-5,8H;1-5H,6H2. The molecule has 2 aromatic rings. The molecule has 2 rings (SSSR count). The summed E-state index contributed by atoms with van der Waals surface area (Å²) in [5.74, 6) is 0. The van der Waals surface area contributed by atoms with Crippen molar-refractivity contribution in [2.24, 2.45) is 0 Å². The molecule has 0 heterocycles. The molecule has 3 heteroatoms. The lowest BCUT2D eigenvalue weighted by Gasteiger charge is -1.97. The number of hydrogen-bond donors (Lipinski definition) is 0. The predicted molar refractivity (Wildman–Crippen MR) is 79.5 cm³/mol. The van der Waals surface area contributed by atoms with Gasteiger partial charge in [0.05, 0.1) is 18.6 Å². The van der Waals surface area contributed by atoms with Gasteiger partial charge in [-0.2, -0.15) is 10.5 Å². The molecule has 0 spiro atoms. The Hall–Kier alpha value is -2.10. The van der Waals surface area contributed by atoms with Gasteiger partial charge in [0, 0.05) is 0 Å². The minimum Gasteiger partial charge on any atom is -0.198 e. The third-order valence-corrected chi connectivity index (χ3v) is 3.06. The van der Waals surface area contributed by atoms with Crippen LogP contribution in [-0.4, -0.2) is 0 Å². The molecule has 0 saturated heterocycles. The summed E-state index contributed by atoms with van der Waals surface area (Å²) < 4.78 is 0. The third kappa shape index (κ3) is 5.86. The van der Waals surface area contributed by atoms with Gasteiger partial charge in [0.1, 0.15) is 4.83 Å². The van der Waals surface area contributed by atoms with E-state index in [1.54, 1.807) is 0 Å². The number of hydrogen-bond acceptors (Lipinski definition) is 2. The van der Waals surface area contributed by atoms with Gasteiger partial charge in [-0.25, -0.2) is 0 Å². The Balaban J connectivity index is 0.000000191. The van der Waals surface area contributed by atoms with Crippen LogP contribution in [0.1, 0.15) is 16.0 Å². The molecule has 2 aromatic carbocycles. The van der Waals surface area contributed by atoms with E-state index in [0.29, 0.717) is 6.42 Å². The van der Waals surface area contributed by atoms with E-state index in [1.165, 1.54) is 0 Å². The first kappa shape index (κ1) is 15.0. The maximum absolute atomic E-state index is 8.49. The Morgan fingerprint density at radius 3 is 1.89 bits per heavy atom. The number of nitrogens with zero attached hydrogens (tertiary/aromatic N) is 2. The molecule has 0 saturated carbocycles. The maximum atomic E-state index is 8.49. The molecule has 0 aromatic heterocycles. The molecule has 0 aliphatic carbocycles. The van der Waals surface area contributed by atoms with Crippen molar-refractivity contribution in [3.63, 3.8) is 0 Å². The van der Waals surface area contributed by atoms with Gasteiger partial charge in [-0.3, -0.25) is 0 Å². The Morgan fingerprint density at radius 1 is 0.895 bits per heavy atom. The number of benzene rings is 2. The van der Waals surface area contributed by atoms with Crippen LogP contribution < -0.4 is 0 Å². The predicted octanol–water partition coefficient (Wildman–Crippen LogP) is 4.40. The van der Waals surface area contributed by atoms with Gasteiger partial charge in [0.25, 0.3) is 0 Å². The molecule has 94 valence electrons. The van der Waals surface area contributed by atoms with Gasteiger partial charge in [-0.15, -0.1) is 0 Å². The fourth-order valence-electron chi connectivity index (χ4n) is 1.38. The molecular formula is C16H13BrN2. The van der Waals surface area contributed by atoms with Gasteiger partial charge in [-0.05, 0) is 11.1 Å². The molecule has 0 bridgehead atoms. The molecule has 0 aliphatic heterocycles. The van der Waals surface area contributed by atoms with Crippen molar-refractivity contribution in [3.8, 4) is 12.1 Å². The lowest BCUT2D eigenvalue weighted by Crippen LogP contribution is -1.82. The molecule has 0 N–H and O–H groups in total. The average Bonchev–Trinajstić information content (AvgIpc) is 2.49. The van der Waals surface area contributed by atoms with Gasteiger partial charge >= 0.3 is 0 Å². The van der Waals surface area contributed by atoms with Crippen LogP contribution in [0.15, 0.2) is 60.7 Å². The zero-order valence-corrected chi connectivity index (χ0v) is 11.9. The number of halogens is 1. The van der Waals surface area contributed by atoms with Crippen LogP contribution in [0.5, 0.6) is 0 Å². The van der Waals surface area contributed by atoms with Crippen LogP contribution in [-0.2, 0) is 6.42 Å². The van der Waals surface area contributed by atoms with Crippen LogP contribution >= 0.6 is 15.9 Å². The van der Waals surface area contributed by atoms with Gasteiger partial charge in [0.2, 0.25) is 0 Å². The lowest BCUT2D eigenvalue weighted by molar-refractivity contribution is 1.25. The first-order valence-electron chi connectivity index (χ1n) is 5.77. The van der Waals surface area contributed by atoms with Gasteiger partial charge in [-0.1, -0.05) is 76.6 Å². The van der Waals surface area contributed by atoms with E-state index in [9.17, 15) is 0 Å². The summed E-state index contributed by atoms with van der Waals surface area (Å²) in [6, 6.07) is 23.5. The number of nitriles is 2. The summed E-state index contributed by atoms with van der Waals surface area (Å²) >= 11 is 3.22. The van der Waals surface area contributed by atoms with Crippen molar-refractivity contribution in [3.05, 3.63) is 71.8 Å². The first-order chi connectivity index (χ1) is 9.27. The topological polar surface area (TPSA) is 47.6 Å². The molecule has 2 nitrogen and oxygen atoms in total. The van der Waals surface area contributed by atoms with E-state index < -0.39 is 0 Å². The summed E-state index contributed by atoms with van der Waals surface area (Å²) in [4.78, 5) is -0.173. The zero-order valence-electron chi connectivity index (χ0n) is 10.3. The smallest absolute Gasteiger partial charge is 0.126 e. The SMILES string of the molecule is N#CC(Br)c1ccccc1.N#CCc1ccccc1. The second-order valence-corrected chi connectivity index (χ2v) is 4.64. The number of rotatable bonds is 2. The molecule has 0 radical (unpaired) electrons. The fourth-order valence-corrected chi connectivity index (χ4v) is 1.69. The molecule has 1 unspecified atom stereocenters. The van der Waals surface area contributed by atoms with Crippen molar-refractivity contribution in [2.75, 3.05) is 0 Å². The highest BCUT2D eigenvalue weighted by Gasteiger charge is 2.01. The molecule has 0 aliphatic rings. The molecular weight excluding hydrogens is 300 g/mol. The van der Waals surface area contributed by atoms with Gasteiger partial charge in [0.15, 0.2) is 0 Å². The van der Waals surface area contributed by atoms with Gasteiger partial charge < -0.3 is 0 Å². The van der Waals surface area contributed by atoms with Crippen molar-refractivity contribution in [1.29, 1.82) is 10.5 Å². The van der Waals surface area contributed by atoms with Crippen molar-refractivity contribution >= 4 is 15.9 Å². The fraction of sp³-hybridized carbons (Fsp3) is 0.125. The minimum absolute atomic E-state index is 0.173. The lowest BCUT2D eigenvalue weighted by atomic mass is 10.2. The second-order valence-electron chi connectivity index (χ2n) is 3.72.